The summed E-state index contributed by atoms with van der Waals surface area (Å²) in [6, 6.07) is 0. The van der Waals surface area contributed by atoms with Crippen LogP contribution in [0.3, 0.4) is 0 Å². The molecule has 0 aliphatic carbocycles. The van der Waals surface area contributed by atoms with Crippen molar-refractivity contribution in [2.45, 2.75) is 6.42 Å². The lowest BCUT2D eigenvalue weighted by Crippen LogP contribution is -2.20. The van der Waals surface area contributed by atoms with Crippen molar-refractivity contribution in [3.05, 3.63) is 0 Å². The molecule has 1 heterocycles. The first-order chi connectivity index (χ1) is 4.75. The molecule has 4 nitrogen and oxygen atoms in total. The Hall–Kier alpha value is -1.06. The van der Waals surface area contributed by atoms with Crippen molar-refractivity contribution in [2.24, 2.45) is 5.92 Å². The Balaban J connectivity index is 2.55. The zero-order valence-electron chi connectivity index (χ0n) is 5.62. The quantitative estimate of drug-likeness (QED) is 0.375. The molecule has 0 aromatic heterocycles. The standard InChI is InChI=1S/C6H8O4/c1-9-5(7)4-2-3-10-6(4)8/h4H,2-3H2,1H3/t4-/m0/s1. The minimum Gasteiger partial charge on any atom is -0.468 e. The number of methoxy groups -OCH3 is 1. The first-order valence-corrected chi connectivity index (χ1v) is 3.00. The van der Waals surface area contributed by atoms with Crippen LogP contribution in [0.4, 0.5) is 0 Å². The van der Waals surface area contributed by atoms with E-state index in [0.717, 1.165) is 0 Å². The highest BCUT2D eigenvalue weighted by atomic mass is 16.6. The average Bonchev–Trinajstić information content (AvgIpc) is 2.34. The van der Waals surface area contributed by atoms with Crippen molar-refractivity contribution in [1.29, 1.82) is 0 Å². The van der Waals surface area contributed by atoms with E-state index >= 15 is 0 Å². The lowest BCUT2D eigenvalue weighted by molar-refractivity contribution is -0.153. The van der Waals surface area contributed by atoms with Crippen molar-refractivity contribution in [3.63, 3.8) is 0 Å². The molecule has 0 bridgehead atoms. The summed E-state index contributed by atoms with van der Waals surface area (Å²) in [6.45, 7) is 0.332. The van der Waals surface area contributed by atoms with Crippen LogP contribution in [-0.4, -0.2) is 25.7 Å². The van der Waals surface area contributed by atoms with Gasteiger partial charge >= 0.3 is 11.9 Å². The predicted molar refractivity (Wildman–Crippen MR) is 31.1 cm³/mol. The van der Waals surface area contributed by atoms with Gasteiger partial charge in [-0.3, -0.25) is 9.59 Å². The Morgan fingerprint density at radius 2 is 2.50 bits per heavy atom. The molecule has 1 atom stereocenters. The van der Waals surface area contributed by atoms with Gasteiger partial charge in [0.15, 0.2) is 5.92 Å². The summed E-state index contributed by atoms with van der Waals surface area (Å²) in [6.07, 6.45) is 0.450. The molecule has 4 heteroatoms. The minimum atomic E-state index is -0.676. The van der Waals surface area contributed by atoms with Crippen molar-refractivity contribution in [1.82, 2.24) is 0 Å². The second kappa shape index (κ2) is 2.68. The molecular formula is C6H8O4. The SMILES string of the molecule is COC(=O)[C@@H]1CCOC1=O. The molecule has 1 saturated heterocycles. The van der Waals surface area contributed by atoms with Crippen LogP contribution in [0.5, 0.6) is 0 Å². The van der Waals surface area contributed by atoms with Crippen molar-refractivity contribution in [3.8, 4) is 0 Å². The lowest BCUT2D eigenvalue weighted by atomic mass is 10.1. The van der Waals surface area contributed by atoms with E-state index in [-0.39, 0.29) is 0 Å². The van der Waals surface area contributed by atoms with Gasteiger partial charge in [0.05, 0.1) is 13.7 Å². The first kappa shape index (κ1) is 7.05. The molecular weight excluding hydrogens is 136 g/mol. The van der Waals surface area contributed by atoms with Crippen LogP contribution >= 0.6 is 0 Å². The van der Waals surface area contributed by atoms with Gasteiger partial charge in [0.25, 0.3) is 0 Å². The summed E-state index contributed by atoms with van der Waals surface area (Å²) in [4.78, 5) is 21.4. The summed E-state index contributed by atoms with van der Waals surface area (Å²) in [5.74, 6) is -1.64. The van der Waals surface area contributed by atoms with Crippen LogP contribution in [0.25, 0.3) is 0 Å². The number of esters is 2. The van der Waals surface area contributed by atoms with Crippen LogP contribution < -0.4 is 0 Å². The van der Waals surface area contributed by atoms with E-state index in [1.807, 2.05) is 0 Å². The third-order valence-electron chi connectivity index (χ3n) is 1.42. The molecule has 0 radical (unpaired) electrons. The molecule has 1 aliphatic rings. The van der Waals surface area contributed by atoms with E-state index < -0.39 is 17.9 Å². The van der Waals surface area contributed by atoms with Gasteiger partial charge in [-0.1, -0.05) is 0 Å². The van der Waals surface area contributed by atoms with Gasteiger partial charge in [0.2, 0.25) is 0 Å². The molecule has 0 unspecified atom stereocenters. The Kier molecular flexibility index (Phi) is 1.89. The summed E-state index contributed by atoms with van der Waals surface area (Å²) in [7, 11) is 1.26. The Labute approximate surface area is 58.1 Å². The van der Waals surface area contributed by atoms with E-state index in [2.05, 4.69) is 9.47 Å². The van der Waals surface area contributed by atoms with Crippen LogP contribution in [0.15, 0.2) is 0 Å². The van der Waals surface area contributed by atoms with Gasteiger partial charge in [-0.2, -0.15) is 0 Å². The fourth-order valence-corrected chi connectivity index (χ4v) is 0.852. The number of hydrogen-bond donors (Lipinski definition) is 0. The summed E-state index contributed by atoms with van der Waals surface area (Å²) in [5.41, 5.74) is 0. The zero-order valence-corrected chi connectivity index (χ0v) is 5.62. The molecule has 1 fully saturated rings. The summed E-state index contributed by atoms with van der Waals surface area (Å²) < 4.78 is 8.91. The zero-order chi connectivity index (χ0) is 7.56. The van der Waals surface area contributed by atoms with E-state index in [1.54, 1.807) is 0 Å². The number of ether oxygens (including phenoxy) is 2. The maximum Gasteiger partial charge on any atom is 0.320 e. The number of carbonyl (C=O) groups is 2. The minimum absolute atomic E-state index is 0.332. The highest BCUT2D eigenvalue weighted by Gasteiger charge is 2.33. The summed E-state index contributed by atoms with van der Waals surface area (Å²) in [5, 5.41) is 0. The molecule has 1 aliphatic heterocycles. The third-order valence-corrected chi connectivity index (χ3v) is 1.42. The highest BCUT2D eigenvalue weighted by Crippen LogP contribution is 2.14. The van der Waals surface area contributed by atoms with E-state index in [0.29, 0.717) is 13.0 Å². The Morgan fingerprint density at radius 1 is 1.80 bits per heavy atom. The van der Waals surface area contributed by atoms with Crippen LogP contribution in [0.1, 0.15) is 6.42 Å². The smallest absolute Gasteiger partial charge is 0.320 e. The molecule has 0 aromatic rings. The third kappa shape index (κ3) is 1.10. The Bertz CT molecular complexity index is 163. The van der Waals surface area contributed by atoms with Crippen molar-refractivity contribution >= 4 is 11.9 Å². The first-order valence-electron chi connectivity index (χ1n) is 3.00. The summed E-state index contributed by atoms with van der Waals surface area (Å²) >= 11 is 0. The number of carbonyl (C=O) groups excluding carboxylic acids is 2. The van der Waals surface area contributed by atoms with Crippen molar-refractivity contribution in [2.75, 3.05) is 13.7 Å². The number of cyclic esters (lactones) is 1. The lowest BCUT2D eigenvalue weighted by Gasteiger charge is -2.00. The molecule has 56 valence electrons. The fraction of sp³-hybridized carbons (Fsp3) is 0.667. The molecule has 0 spiro atoms. The fourth-order valence-electron chi connectivity index (χ4n) is 0.852. The average molecular weight is 144 g/mol. The predicted octanol–water partition coefficient (Wildman–Crippen LogP) is -0.278. The molecule has 0 aromatic carbocycles. The van der Waals surface area contributed by atoms with E-state index in [4.69, 9.17) is 0 Å². The van der Waals surface area contributed by atoms with Gasteiger partial charge in [-0.25, -0.2) is 0 Å². The highest BCUT2D eigenvalue weighted by molar-refractivity contribution is 5.95. The second-order valence-electron chi connectivity index (χ2n) is 2.03. The van der Waals surface area contributed by atoms with Gasteiger partial charge in [-0.05, 0) is 0 Å². The van der Waals surface area contributed by atoms with Gasteiger partial charge < -0.3 is 9.47 Å². The van der Waals surface area contributed by atoms with Gasteiger partial charge in [0, 0.05) is 6.42 Å². The van der Waals surface area contributed by atoms with Crippen LogP contribution in [0, 0.1) is 5.92 Å². The van der Waals surface area contributed by atoms with Gasteiger partial charge in [0.1, 0.15) is 0 Å². The molecule has 0 N–H and O–H groups in total. The number of hydrogen-bond acceptors (Lipinski definition) is 4. The molecule has 0 saturated carbocycles. The molecule has 10 heavy (non-hydrogen) atoms. The molecule has 0 amide bonds. The molecule has 1 rings (SSSR count). The Morgan fingerprint density at radius 3 is 2.90 bits per heavy atom. The topological polar surface area (TPSA) is 52.6 Å². The maximum atomic E-state index is 10.7. The normalized spacial score (nSPS) is 24.1. The van der Waals surface area contributed by atoms with Crippen molar-refractivity contribution < 1.29 is 19.1 Å². The van der Waals surface area contributed by atoms with E-state index in [1.165, 1.54) is 7.11 Å². The second-order valence-corrected chi connectivity index (χ2v) is 2.03. The van der Waals surface area contributed by atoms with E-state index in [9.17, 15) is 9.59 Å². The van der Waals surface area contributed by atoms with Crippen LogP contribution in [0.2, 0.25) is 0 Å². The maximum absolute atomic E-state index is 10.7. The van der Waals surface area contributed by atoms with Gasteiger partial charge in [-0.15, -0.1) is 0 Å². The number of rotatable bonds is 1. The van der Waals surface area contributed by atoms with Crippen LogP contribution in [-0.2, 0) is 19.1 Å². The monoisotopic (exact) mass is 144 g/mol. The largest absolute Gasteiger partial charge is 0.468 e.